The molecular weight excluding hydrogens is 438 g/mol. The topological polar surface area (TPSA) is 47.8 Å². The molecule has 0 aromatic carbocycles. The van der Waals surface area contributed by atoms with Crippen molar-refractivity contribution in [2.24, 2.45) is 0 Å². The van der Waals surface area contributed by atoms with Crippen molar-refractivity contribution >= 4 is 60.7 Å². The van der Waals surface area contributed by atoms with Crippen molar-refractivity contribution in [1.29, 1.82) is 0 Å². The third-order valence-corrected chi connectivity index (χ3v) is 6.67. The lowest BCUT2D eigenvalue weighted by molar-refractivity contribution is 0.102. The second-order valence-electron chi connectivity index (χ2n) is 4.81. The van der Waals surface area contributed by atoms with Crippen molar-refractivity contribution in [3.05, 3.63) is 25.0 Å². The van der Waals surface area contributed by atoms with Gasteiger partial charge in [-0.1, -0.05) is 18.2 Å². The molecule has 0 fully saturated rings. The predicted molar refractivity (Wildman–Crippen MR) is 92.4 cm³/mol. The molecule has 0 saturated heterocycles. The van der Waals surface area contributed by atoms with Gasteiger partial charge in [0.2, 0.25) is 0 Å². The summed E-state index contributed by atoms with van der Waals surface area (Å²) in [4.78, 5) is 12.3. The number of nitrogens with zero attached hydrogens (tertiary/aromatic N) is 3. The molecule has 0 radical (unpaired) electrons. The number of ketones is 1. The Bertz CT molecular complexity index is 668. The molecule has 0 atom stereocenters. The van der Waals surface area contributed by atoms with Gasteiger partial charge < -0.3 is 4.57 Å². The maximum atomic E-state index is 12.3. The van der Waals surface area contributed by atoms with Gasteiger partial charge >= 0.3 is 0 Å². The monoisotopic (exact) mass is 449 g/mol. The number of aryl methyl sites for hydroxylation is 1. The van der Waals surface area contributed by atoms with Crippen molar-refractivity contribution in [1.82, 2.24) is 14.8 Å². The number of aromatic nitrogens is 3. The van der Waals surface area contributed by atoms with Crippen LogP contribution in [-0.4, -0.2) is 26.3 Å². The standard InChI is InChI=1S/C13H13Br2N3OS2/c14-10-6-8(12(15)21-10)9(19)7-20-13-17-16-11-4-2-1-3-5-18(11)13/h6H,1-5,7H2. The van der Waals surface area contributed by atoms with Gasteiger partial charge in [-0.05, 0) is 50.8 Å². The highest BCUT2D eigenvalue weighted by molar-refractivity contribution is 9.12. The van der Waals surface area contributed by atoms with Crippen molar-refractivity contribution in [3.63, 3.8) is 0 Å². The van der Waals surface area contributed by atoms with Crippen LogP contribution in [0.4, 0.5) is 0 Å². The molecule has 2 aromatic rings. The first-order chi connectivity index (χ1) is 10.1. The number of rotatable bonds is 4. The van der Waals surface area contributed by atoms with Gasteiger partial charge in [-0.2, -0.15) is 0 Å². The summed E-state index contributed by atoms with van der Waals surface area (Å²) in [5, 5.41) is 9.36. The van der Waals surface area contributed by atoms with Crippen LogP contribution in [0.5, 0.6) is 0 Å². The first-order valence-electron chi connectivity index (χ1n) is 6.68. The van der Waals surface area contributed by atoms with Crippen molar-refractivity contribution in [2.75, 3.05) is 5.75 Å². The second kappa shape index (κ2) is 6.93. The zero-order valence-electron chi connectivity index (χ0n) is 11.1. The molecule has 2 aromatic heterocycles. The molecule has 4 nitrogen and oxygen atoms in total. The summed E-state index contributed by atoms with van der Waals surface area (Å²) in [6.45, 7) is 0.965. The average Bonchev–Trinajstić information content (AvgIpc) is 2.90. The van der Waals surface area contributed by atoms with Gasteiger partial charge in [0.1, 0.15) is 5.82 Å². The van der Waals surface area contributed by atoms with E-state index in [1.54, 1.807) is 0 Å². The fourth-order valence-electron chi connectivity index (χ4n) is 2.30. The highest BCUT2D eigenvalue weighted by atomic mass is 79.9. The molecule has 0 bridgehead atoms. The molecule has 0 amide bonds. The quantitative estimate of drug-likeness (QED) is 0.505. The molecule has 3 rings (SSSR count). The molecule has 0 spiro atoms. The molecule has 0 unspecified atom stereocenters. The Kier molecular flexibility index (Phi) is 5.19. The number of carbonyl (C=O) groups excluding carboxylic acids is 1. The number of halogens is 2. The largest absolute Gasteiger partial charge is 0.306 e. The van der Waals surface area contributed by atoms with Crippen LogP contribution in [0.2, 0.25) is 0 Å². The van der Waals surface area contributed by atoms with E-state index in [1.165, 1.54) is 35.9 Å². The van der Waals surface area contributed by atoms with Crippen molar-refractivity contribution in [3.8, 4) is 0 Å². The molecule has 1 aliphatic heterocycles. The van der Waals surface area contributed by atoms with Crippen LogP contribution >= 0.6 is 55.0 Å². The molecule has 0 saturated carbocycles. The second-order valence-corrected chi connectivity index (χ2v) is 9.50. The molecule has 8 heteroatoms. The number of hydrogen-bond donors (Lipinski definition) is 0. The fraction of sp³-hybridized carbons (Fsp3) is 0.462. The van der Waals surface area contributed by atoms with Gasteiger partial charge in [-0.3, -0.25) is 4.79 Å². The van der Waals surface area contributed by atoms with Gasteiger partial charge in [0.15, 0.2) is 10.9 Å². The summed E-state index contributed by atoms with van der Waals surface area (Å²) in [7, 11) is 0. The Balaban J connectivity index is 1.69. The lowest BCUT2D eigenvalue weighted by atomic mass is 10.2. The van der Waals surface area contributed by atoms with Gasteiger partial charge in [0, 0.05) is 18.5 Å². The minimum atomic E-state index is 0.111. The number of Topliss-reactive ketones (excluding diaryl/α,β-unsaturated/α-hetero) is 1. The van der Waals surface area contributed by atoms with Crippen LogP contribution < -0.4 is 0 Å². The van der Waals surface area contributed by atoms with Crippen molar-refractivity contribution in [2.45, 2.75) is 37.4 Å². The third kappa shape index (κ3) is 3.60. The summed E-state index contributed by atoms with van der Waals surface area (Å²) in [6, 6.07) is 1.86. The number of thioether (sulfide) groups is 1. The normalized spacial score (nSPS) is 14.8. The number of fused-ring (bicyclic) bond motifs is 1. The van der Waals surface area contributed by atoms with E-state index in [0.29, 0.717) is 5.75 Å². The molecule has 3 heterocycles. The van der Waals surface area contributed by atoms with Gasteiger partial charge in [-0.25, -0.2) is 0 Å². The minimum Gasteiger partial charge on any atom is -0.306 e. The first-order valence-corrected chi connectivity index (χ1v) is 10.1. The summed E-state index contributed by atoms with van der Waals surface area (Å²) in [5.41, 5.74) is 0.731. The lowest BCUT2D eigenvalue weighted by Gasteiger charge is -2.05. The SMILES string of the molecule is O=C(CSc1nnc2n1CCCCC2)c1cc(Br)sc1Br. The highest BCUT2D eigenvalue weighted by Gasteiger charge is 2.18. The predicted octanol–water partition coefficient (Wildman–Crippen LogP) is 4.57. The van der Waals surface area contributed by atoms with E-state index in [4.69, 9.17) is 0 Å². The summed E-state index contributed by atoms with van der Waals surface area (Å²) in [6.07, 6.45) is 4.57. The zero-order chi connectivity index (χ0) is 14.8. The van der Waals surface area contributed by atoms with Crippen LogP contribution in [0.15, 0.2) is 18.8 Å². The van der Waals surface area contributed by atoms with Gasteiger partial charge in [0.05, 0.1) is 13.3 Å². The van der Waals surface area contributed by atoms with Crippen molar-refractivity contribution < 1.29 is 4.79 Å². The number of thiophene rings is 1. The Labute approximate surface area is 148 Å². The van der Waals surface area contributed by atoms with Crippen LogP contribution in [0.25, 0.3) is 0 Å². The molecule has 0 N–H and O–H groups in total. The lowest BCUT2D eigenvalue weighted by Crippen LogP contribution is -2.06. The van der Waals surface area contributed by atoms with E-state index in [9.17, 15) is 4.79 Å². The van der Waals surface area contributed by atoms with E-state index < -0.39 is 0 Å². The molecule has 0 aliphatic carbocycles. The number of hydrogen-bond acceptors (Lipinski definition) is 5. The summed E-state index contributed by atoms with van der Waals surface area (Å²) in [5.74, 6) is 1.56. The summed E-state index contributed by atoms with van der Waals surface area (Å²) < 4.78 is 4.00. The van der Waals surface area contributed by atoms with Crippen LogP contribution in [0, 0.1) is 0 Å². The minimum absolute atomic E-state index is 0.111. The Morgan fingerprint density at radius 3 is 2.95 bits per heavy atom. The van der Waals surface area contributed by atoms with Crippen LogP contribution in [-0.2, 0) is 13.0 Å². The van der Waals surface area contributed by atoms with Crippen LogP contribution in [0.3, 0.4) is 0 Å². The van der Waals surface area contributed by atoms with E-state index in [2.05, 4.69) is 46.6 Å². The zero-order valence-corrected chi connectivity index (χ0v) is 15.9. The fourth-order valence-corrected chi connectivity index (χ4v) is 6.03. The maximum absolute atomic E-state index is 12.3. The maximum Gasteiger partial charge on any atom is 0.191 e. The number of carbonyl (C=O) groups is 1. The van der Waals surface area contributed by atoms with E-state index in [-0.39, 0.29) is 5.78 Å². The smallest absolute Gasteiger partial charge is 0.191 e. The van der Waals surface area contributed by atoms with Gasteiger partial charge in [0.25, 0.3) is 0 Å². The molecular formula is C13H13Br2N3OS2. The van der Waals surface area contributed by atoms with E-state index >= 15 is 0 Å². The average molecular weight is 451 g/mol. The highest BCUT2D eigenvalue weighted by Crippen LogP contribution is 2.33. The van der Waals surface area contributed by atoms with Gasteiger partial charge in [-0.15, -0.1) is 21.5 Å². The Morgan fingerprint density at radius 2 is 2.19 bits per heavy atom. The summed E-state index contributed by atoms with van der Waals surface area (Å²) >= 11 is 9.83. The Morgan fingerprint density at radius 1 is 1.33 bits per heavy atom. The van der Waals surface area contributed by atoms with E-state index in [1.807, 2.05) is 6.07 Å². The third-order valence-electron chi connectivity index (χ3n) is 3.37. The molecule has 1 aliphatic rings. The first kappa shape index (κ1) is 15.7. The molecule has 21 heavy (non-hydrogen) atoms. The Hall–Kier alpha value is -0.180. The molecule has 112 valence electrons. The van der Waals surface area contributed by atoms with E-state index in [0.717, 1.165) is 43.5 Å². The van der Waals surface area contributed by atoms with Crippen LogP contribution in [0.1, 0.15) is 35.4 Å².